The van der Waals surface area contributed by atoms with E-state index in [2.05, 4.69) is 10.6 Å². The van der Waals surface area contributed by atoms with Gasteiger partial charge < -0.3 is 19.5 Å². The van der Waals surface area contributed by atoms with Crippen LogP contribution < -0.4 is 10.6 Å². The lowest BCUT2D eigenvalue weighted by molar-refractivity contribution is -0.537. The summed E-state index contributed by atoms with van der Waals surface area (Å²) in [7, 11) is -2.46. The van der Waals surface area contributed by atoms with Crippen molar-refractivity contribution in [1.29, 1.82) is 0 Å². The van der Waals surface area contributed by atoms with Crippen LogP contribution in [0.15, 0.2) is 0 Å². The van der Waals surface area contributed by atoms with E-state index >= 15 is 0 Å². The van der Waals surface area contributed by atoms with Gasteiger partial charge in [-0.25, -0.2) is 4.79 Å². The van der Waals surface area contributed by atoms with E-state index in [1.807, 2.05) is 0 Å². The van der Waals surface area contributed by atoms with E-state index in [0.29, 0.717) is 0 Å². The molecule has 1 fully saturated rings. The molecule has 13 nitrogen and oxygen atoms in total. The van der Waals surface area contributed by atoms with E-state index in [9.17, 15) is 27.6 Å². The fourth-order valence-corrected chi connectivity index (χ4v) is 3.25. The van der Waals surface area contributed by atoms with Gasteiger partial charge in [-0.1, -0.05) is 0 Å². The molecule has 2 heterocycles. The third kappa shape index (κ3) is 6.04. The summed E-state index contributed by atoms with van der Waals surface area (Å²) in [6.45, 7) is 1.68. The molecule has 1 saturated heterocycles. The number of esters is 1. The van der Waals surface area contributed by atoms with Gasteiger partial charge in [0, 0.05) is 14.0 Å². The molecule has 4 amide bonds. The van der Waals surface area contributed by atoms with E-state index in [0.717, 1.165) is 17.8 Å². The second-order valence-corrected chi connectivity index (χ2v) is 8.36. The monoisotopic (exact) mass is 450 g/mol. The van der Waals surface area contributed by atoms with Crippen LogP contribution in [0.25, 0.3) is 0 Å². The number of carbonyl (C=O) groups is 4. The zero-order chi connectivity index (χ0) is 22.6. The summed E-state index contributed by atoms with van der Waals surface area (Å²) >= 11 is 0. The molecule has 5 atom stereocenters. The van der Waals surface area contributed by atoms with Crippen molar-refractivity contribution in [2.24, 2.45) is 5.92 Å². The molecule has 2 N–H and O–H groups in total. The maximum absolute atomic E-state index is 12.3. The highest BCUT2D eigenvalue weighted by atomic mass is 32.2. The summed E-state index contributed by atoms with van der Waals surface area (Å²) in [5, 5.41) is 4.50. The first kappa shape index (κ1) is 23.9. The number of likely N-dealkylation sites (N-methyl/N-ethyl adjacent to an activating group) is 1. The number of ether oxygens (including phenoxy) is 3. The van der Waals surface area contributed by atoms with Crippen molar-refractivity contribution in [3.8, 4) is 0 Å². The Morgan fingerprint density at radius 2 is 1.97 bits per heavy atom. The Bertz CT molecular complexity index is 855. The Kier molecular flexibility index (Phi) is 7.63. The van der Waals surface area contributed by atoms with Crippen molar-refractivity contribution in [2.45, 2.75) is 38.4 Å². The fourth-order valence-electron chi connectivity index (χ4n) is 2.87. The van der Waals surface area contributed by atoms with Gasteiger partial charge in [0.05, 0.1) is 19.1 Å². The molecule has 0 aliphatic carbocycles. The highest BCUT2D eigenvalue weighted by molar-refractivity contribution is 7.85. The maximum atomic E-state index is 12.3. The minimum Gasteiger partial charge on any atom is -0.457 e. The van der Waals surface area contributed by atoms with Crippen molar-refractivity contribution in [3.05, 3.63) is 0 Å². The molecule has 168 valence electrons. The van der Waals surface area contributed by atoms with Crippen molar-refractivity contribution in [1.82, 2.24) is 10.6 Å². The van der Waals surface area contributed by atoms with Crippen molar-refractivity contribution in [3.63, 3.8) is 0 Å². The second kappa shape index (κ2) is 9.59. The number of nitrogens with one attached hydrogen (secondary N) is 2. The van der Waals surface area contributed by atoms with Crippen LogP contribution in [-0.4, -0.2) is 94.1 Å². The Balaban J connectivity index is 2.38. The highest BCUT2D eigenvalue weighted by Gasteiger charge is 2.54. The zero-order valence-electron chi connectivity index (χ0n) is 16.8. The normalized spacial score (nSPS) is 29.2. The quantitative estimate of drug-likeness (QED) is 0.234. The van der Waals surface area contributed by atoms with Gasteiger partial charge in [-0.3, -0.25) is 13.8 Å². The van der Waals surface area contributed by atoms with Crippen LogP contribution >= 0.6 is 0 Å². The van der Waals surface area contributed by atoms with Gasteiger partial charge in [-0.15, -0.1) is 0 Å². The topological polar surface area (TPSA) is 166 Å². The van der Waals surface area contributed by atoms with Crippen molar-refractivity contribution >= 4 is 40.1 Å². The first-order chi connectivity index (χ1) is 13.9. The summed E-state index contributed by atoms with van der Waals surface area (Å²) in [5.41, 5.74) is 0. The number of hydrogen-bond acceptors (Lipinski definition) is 10. The van der Waals surface area contributed by atoms with Gasteiger partial charge in [0.1, 0.15) is 18.6 Å². The van der Waals surface area contributed by atoms with Crippen LogP contribution in [0.3, 0.4) is 0 Å². The number of nitrogens with zero attached hydrogens (tertiary/aromatic N) is 1. The molecular formula is C16H24N3O10S+. The molecule has 2 aliphatic rings. The molecule has 14 heteroatoms. The molecule has 0 aromatic carbocycles. The molecule has 0 aromatic rings. The van der Waals surface area contributed by atoms with Crippen molar-refractivity contribution < 1.29 is 50.6 Å². The molecule has 30 heavy (non-hydrogen) atoms. The summed E-state index contributed by atoms with van der Waals surface area (Å²) in [4.78, 5) is 47.3. The van der Waals surface area contributed by atoms with Crippen LogP contribution in [-0.2, 0) is 42.9 Å². The van der Waals surface area contributed by atoms with Gasteiger partial charge in [0.2, 0.25) is 12.1 Å². The van der Waals surface area contributed by atoms with Crippen LogP contribution in [0.1, 0.15) is 13.8 Å². The Hall–Kier alpha value is -2.42. The van der Waals surface area contributed by atoms with E-state index < -0.39 is 77.6 Å². The minimum absolute atomic E-state index is 0.456. The second-order valence-electron chi connectivity index (χ2n) is 6.72. The van der Waals surface area contributed by atoms with Crippen LogP contribution in [0.4, 0.5) is 4.79 Å². The molecule has 0 spiro atoms. The Morgan fingerprint density at radius 1 is 1.30 bits per heavy atom. The molecule has 0 aromatic heterocycles. The predicted octanol–water partition coefficient (Wildman–Crippen LogP) is -2.28. The van der Waals surface area contributed by atoms with E-state index in [1.165, 1.54) is 20.2 Å². The largest absolute Gasteiger partial charge is 0.500 e. The zero-order valence-corrected chi connectivity index (χ0v) is 17.6. The number of amides is 4. The average Bonchev–Trinajstić information content (AvgIpc) is 2.97. The highest BCUT2D eigenvalue weighted by Crippen LogP contribution is 2.29. The number of carbonyl (C=O) groups excluding carboxylic acids is 4. The SMILES string of the molecule is CNC(=O)CO[C@H]1C(OC(C)=O)[C@@H](COS(C)(=O)=O)O[C@H]1[N+]1=CC(C)C(=O)NC1=O. The number of hydrogen-bond donors (Lipinski definition) is 2. The third-order valence-electron chi connectivity index (χ3n) is 4.26. The first-order valence-electron chi connectivity index (χ1n) is 8.90. The summed E-state index contributed by atoms with van der Waals surface area (Å²) in [6.07, 6.45) is -2.62. The van der Waals surface area contributed by atoms with Crippen molar-refractivity contribution in [2.75, 3.05) is 26.5 Å². The standard InChI is InChI=1S/C16H23N3O10S/c1-8-5-19(16(23)18-14(8)22)15-13(26-7-11(21)17-3)12(28-9(2)20)10(29-15)6-27-30(4,24)25/h5,8,10,12-13,15H,6-7H2,1-4H3,(H-,17,18,21,22,23)/p+1/t8?,10-,12?,13+,15-/m1/s1. The molecule has 2 rings (SSSR count). The number of imide groups is 1. The fraction of sp³-hybridized carbons (Fsp3) is 0.688. The smallest absolute Gasteiger partial charge is 0.457 e. The lowest BCUT2D eigenvalue weighted by Crippen LogP contribution is -2.54. The van der Waals surface area contributed by atoms with Crippen LogP contribution in [0.5, 0.6) is 0 Å². The van der Waals surface area contributed by atoms with Gasteiger partial charge in [-0.05, 0) is 6.92 Å². The summed E-state index contributed by atoms with van der Waals surface area (Å²) in [5.74, 6) is -2.44. The van der Waals surface area contributed by atoms with E-state index in [1.54, 1.807) is 0 Å². The van der Waals surface area contributed by atoms with Gasteiger partial charge >= 0.3 is 17.9 Å². The molecular weight excluding hydrogens is 426 g/mol. The molecule has 0 bridgehead atoms. The summed E-state index contributed by atoms with van der Waals surface area (Å²) in [6, 6.07) is -0.817. The molecule has 0 radical (unpaired) electrons. The van der Waals surface area contributed by atoms with E-state index in [4.69, 9.17) is 18.4 Å². The Morgan fingerprint density at radius 3 is 2.53 bits per heavy atom. The van der Waals surface area contributed by atoms with E-state index in [-0.39, 0.29) is 0 Å². The molecule has 2 unspecified atom stereocenters. The summed E-state index contributed by atoms with van der Waals surface area (Å²) < 4.78 is 45.1. The third-order valence-corrected chi connectivity index (χ3v) is 4.82. The minimum atomic E-state index is -3.85. The first-order valence-corrected chi connectivity index (χ1v) is 10.7. The Labute approximate surface area is 172 Å². The average molecular weight is 450 g/mol. The lowest BCUT2D eigenvalue weighted by Gasteiger charge is -2.24. The molecule has 0 saturated carbocycles. The van der Waals surface area contributed by atoms with Crippen LogP contribution in [0.2, 0.25) is 0 Å². The van der Waals surface area contributed by atoms with Gasteiger partial charge in [0.25, 0.3) is 10.1 Å². The lowest BCUT2D eigenvalue weighted by atomic mass is 10.1. The van der Waals surface area contributed by atoms with Gasteiger partial charge in [-0.2, -0.15) is 23.1 Å². The maximum Gasteiger partial charge on any atom is 0.500 e. The predicted molar refractivity (Wildman–Crippen MR) is 97.8 cm³/mol. The van der Waals surface area contributed by atoms with Crippen LogP contribution in [0, 0.1) is 5.92 Å². The number of urea groups is 1. The molecule has 2 aliphatic heterocycles. The number of rotatable bonds is 8. The van der Waals surface area contributed by atoms with Gasteiger partial charge in [0.15, 0.2) is 12.2 Å².